The summed E-state index contributed by atoms with van der Waals surface area (Å²) in [7, 11) is 0. The fourth-order valence-corrected chi connectivity index (χ4v) is 7.12. The van der Waals surface area contributed by atoms with Crippen LogP contribution in [0.15, 0.2) is 12.3 Å². The molecular formula is C37H67N3O6. The van der Waals surface area contributed by atoms with E-state index in [9.17, 15) is 19.5 Å². The molecule has 1 aliphatic heterocycles. The molecule has 46 heavy (non-hydrogen) atoms. The van der Waals surface area contributed by atoms with Crippen molar-refractivity contribution in [3.8, 4) is 0 Å². The van der Waals surface area contributed by atoms with E-state index < -0.39 is 40.8 Å². The average Bonchev–Trinajstić information content (AvgIpc) is 3.00. The van der Waals surface area contributed by atoms with Gasteiger partial charge in [-0.2, -0.15) is 0 Å². The van der Waals surface area contributed by atoms with Crippen LogP contribution in [0.25, 0.3) is 0 Å². The molecule has 1 heterocycles. The van der Waals surface area contributed by atoms with Gasteiger partial charge in [0.1, 0.15) is 6.10 Å². The lowest BCUT2D eigenvalue weighted by Gasteiger charge is -2.48. The molecule has 2 unspecified atom stereocenters. The van der Waals surface area contributed by atoms with Gasteiger partial charge in [-0.15, -0.1) is 0 Å². The molecule has 1 saturated heterocycles. The lowest BCUT2D eigenvalue weighted by molar-refractivity contribution is -0.304. The Kier molecular flexibility index (Phi) is 17.7. The first-order valence-corrected chi connectivity index (χ1v) is 18.4. The van der Waals surface area contributed by atoms with Crippen LogP contribution < -0.4 is 11.1 Å². The molecular weight excluding hydrogens is 582 g/mol. The normalized spacial score (nSPS) is 21.1. The van der Waals surface area contributed by atoms with Crippen molar-refractivity contribution in [3.63, 3.8) is 0 Å². The molecule has 2 atom stereocenters. The minimum atomic E-state index is -1.05. The Morgan fingerprint density at radius 2 is 1.39 bits per heavy atom. The van der Waals surface area contributed by atoms with E-state index in [1.165, 1.54) is 81.9 Å². The van der Waals surface area contributed by atoms with Gasteiger partial charge >= 0.3 is 12.0 Å². The van der Waals surface area contributed by atoms with E-state index in [-0.39, 0.29) is 12.5 Å². The first-order valence-electron chi connectivity index (χ1n) is 18.4. The van der Waals surface area contributed by atoms with Gasteiger partial charge in [-0.25, -0.2) is 4.79 Å². The third kappa shape index (κ3) is 13.2. The van der Waals surface area contributed by atoms with E-state index in [0.717, 1.165) is 38.5 Å². The number of amides is 3. The highest BCUT2D eigenvalue weighted by Gasteiger charge is 2.50. The number of primary amides is 1. The maximum Gasteiger partial charge on any atom is 0.319 e. The van der Waals surface area contributed by atoms with Gasteiger partial charge in [0.25, 0.3) is 0 Å². The fourth-order valence-electron chi connectivity index (χ4n) is 7.12. The number of carboxylic acids is 1. The number of rotatable bonds is 22. The van der Waals surface area contributed by atoms with Gasteiger partial charge in [-0.1, -0.05) is 130 Å². The summed E-state index contributed by atoms with van der Waals surface area (Å²) >= 11 is 0. The lowest BCUT2D eigenvalue weighted by Crippen LogP contribution is -2.62. The number of nitrogens with one attached hydrogen (secondary N) is 1. The topological polar surface area (TPSA) is 131 Å². The van der Waals surface area contributed by atoms with E-state index in [2.05, 4.69) is 12.2 Å². The molecule has 266 valence electrons. The predicted octanol–water partition coefficient (Wildman–Crippen LogP) is 8.45. The van der Waals surface area contributed by atoms with E-state index in [1.807, 2.05) is 19.9 Å². The van der Waals surface area contributed by atoms with Crippen LogP contribution in [0.5, 0.6) is 0 Å². The summed E-state index contributed by atoms with van der Waals surface area (Å²) in [5.74, 6) is -3.38. The Balaban J connectivity index is 1.89. The summed E-state index contributed by atoms with van der Waals surface area (Å²) in [6, 6.07) is -0.660. The van der Waals surface area contributed by atoms with Gasteiger partial charge in [0, 0.05) is 18.2 Å². The summed E-state index contributed by atoms with van der Waals surface area (Å²) in [4.78, 5) is 40.4. The quantitative estimate of drug-likeness (QED) is 0.101. The zero-order valence-electron chi connectivity index (χ0n) is 29.9. The molecule has 0 aromatic rings. The monoisotopic (exact) mass is 650 g/mol. The van der Waals surface area contributed by atoms with Crippen LogP contribution in [0.4, 0.5) is 4.79 Å². The second-order valence-electron chi connectivity index (χ2n) is 15.0. The van der Waals surface area contributed by atoms with Crippen molar-refractivity contribution in [1.82, 2.24) is 10.2 Å². The molecule has 0 bridgehead atoms. The summed E-state index contributed by atoms with van der Waals surface area (Å²) < 4.78 is 11.7. The average molecular weight is 650 g/mol. The van der Waals surface area contributed by atoms with Crippen molar-refractivity contribution >= 4 is 17.9 Å². The van der Waals surface area contributed by atoms with E-state index in [4.69, 9.17) is 15.2 Å². The standard InChI is InChI=1S/C37H67N3O6/c1-6-7-8-9-10-11-12-13-14-15-16-17-18-19-20-24-27-40(34(38)44)37(25-22-21-23-26-37)30(33(42)43)28-39-32(41)31-35(2,3)29-45-36(4,5)46-31/h24,27,30-31H,6-23,25-26,28-29H2,1-5H3,(H2,38,44)(H,39,41)(H,42,43)/b27-24+. The molecule has 1 aliphatic carbocycles. The van der Waals surface area contributed by atoms with Crippen LogP contribution in [-0.2, 0) is 19.1 Å². The molecule has 0 radical (unpaired) electrons. The smallest absolute Gasteiger partial charge is 0.319 e. The van der Waals surface area contributed by atoms with Crippen molar-refractivity contribution < 1.29 is 29.0 Å². The van der Waals surface area contributed by atoms with Crippen LogP contribution in [-0.4, -0.2) is 58.5 Å². The fraction of sp³-hybridized carbons (Fsp3) is 0.865. The molecule has 0 spiro atoms. The number of nitrogens with zero attached hydrogens (tertiary/aromatic N) is 1. The highest BCUT2D eigenvalue weighted by molar-refractivity contribution is 5.83. The highest BCUT2D eigenvalue weighted by atomic mass is 16.7. The highest BCUT2D eigenvalue weighted by Crippen LogP contribution is 2.41. The Labute approximate surface area is 279 Å². The van der Waals surface area contributed by atoms with Crippen LogP contribution in [0.3, 0.4) is 0 Å². The summed E-state index contributed by atoms with van der Waals surface area (Å²) in [6.45, 7) is 9.78. The zero-order valence-corrected chi connectivity index (χ0v) is 29.9. The number of aliphatic carboxylic acids is 1. The number of carboxylic acid groups (broad SMARTS) is 1. The number of nitrogens with two attached hydrogens (primary N) is 1. The number of hydrogen-bond donors (Lipinski definition) is 3. The first-order chi connectivity index (χ1) is 21.9. The lowest BCUT2D eigenvalue weighted by atomic mass is 9.71. The van der Waals surface area contributed by atoms with Crippen LogP contribution in [0, 0.1) is 11.3 Å². The zero-order chi connectivity index (χ0) is 34.1. The van der Waals surface area contributed by atoms with Gasteiger partial charge in [0.15, 0.2) is 5.79 Å². The number of hydrogen-bond acceptors (Lipinski definition) is 5. The second-order valence-corrected chi connectivity index (χ2v) is 15.0. The molecule has 9 heteroatoms. The number of carbonyl (C=O) groups excluding carboxylic acids is 2. The van der Waals surface area contributed by atoms with Crippen LogP contribution in [0.1, 0.15) is 163 Å². The largest absolute Gasteiger partial charge is 0.481 e. The number of carbonyl (C=O) groups is 3. The van der Waals surface area contributed by atoms with Crippen molar-refractivity contribution in [2.24, 2.45) is 17.1 Å². The van der Waals surface area contributed by atoms with Gasteiger partial charge in [0.05, 0.1) is 18.1 Å². The Morgan fingerprint density at radius 3 is 1.89 bits per heavy atom. The molecule has 2 fully saturated rings. The third-order valence-corrected chi connectivity index (χ3v) is 9.98. The first kappa shape index (κ1) is 40.0. The number of ether oxygens (including phenoxy) is 2. The Hall–Kier alpha value is -2.13. The SMILES string of the molecule is CCCCCCCCCCCCCCCC/C=C/N(C(N)=O)C1(C(CNC(=O)C2OC(C)(C)OCC2(C)C)C(=O)O)CCCCC1. The minimum absolute atomic E-state index is 0.123. The predicted molar refractivity (Wildman–Crippen MR) is 184 cm³/mol. The molecule has 9 nitrogen and oxygen atoms in total. The molecule has 4 N–H and O–H groups in total. The third-order valence-electron chi connectivity index (χ3n) is 9.98. The maximum absolute atomic E-state index is 13.4. The maximum atomic E-state index is 13.4. The van der Waals surface area contributed by atoms with Crippen molar-refractivity contribution in [3.05, 3.63) is 12.3 Å². The summed E-state index contributed by atoms with van der Waals surface area (Å²) in [5, 5.41) is 13.3. The minimum Gasteiger partial charge on any atom is -0.481 e. The number of urea groups is 1. The summed E-state index contributed by atoms with van der Waals surface area (Å²) in [6.07, 6.45) is 25.4. The van der Waals surface area contributed by atoms with Gasteiger partial charge in [0.2, 0.25) is 5.91 Å². The molecule has 0 aromatic carbocycles. The van der Waals surface area contributed by atoms with Crippen LogP contribution >= 0.6 is 0 Å². The van der Waals surface area contributed by atoms with Gasteiger partial charge in [-0.05, 0) is 39.5 Å². The van der Waals surface area contributed by atoms with Crippen molar-refractivity contribution in [1.29, 1.82) is 0 Å². The molecule has 0 aromatic heterocycles. The molecule has 2 rings (SSSR count). The molecule has 2 aliphatic rings. The summed E-state index contributed by atoms with van der Waals surface area (Å²) in [5.41, 5.74) is 4.32. The van der Waals surface area contributed by atoms with Crippen LogP contribution in [0.2, 0.25) is 0 Å². The van der Waals surface area contributed by atoms with Crippen molar-refractivity contribution in [2.75, 3.05) is 13.2 Å². The number of allylic oxidation sites excluding steroid dienone is 1. The van der Waals surface area contributed by atoms with E-state index >= 15 is 0 Å². The Morgan fingerprint density at radius 1 is 0.870 bits per heavy atom. The molecule has 3 amide bonds. The Bertz CT molecular complexity index is 943. The van der Waals surface area contributed by atoms with E-state index in [0.29, 0.717) is 19.4 Å². The molecule has 1 saturated carbocycles. The number of unbranched alkanes of at least 4 members (excludes halogenated alkanes) is 14. The van der Waals surface area contributed by atoms with E-state index in [1.54, 1.807) is 20.0 Å². The van der Waals surface area contributed by atoms with Crippen molar-refractivity contribution in [2.45, 2.75) is 180 Å². The van der Waals surface area contributed by atoms with Gasteiger partial charge < -0.3 is 25.6 Å². The second kappa shape index (κ2) is 20.3. The van der Waals surface area contributed by atoms with Gasteiger partial charge in [-0.3, -0.25) is 14.5 Å².